The molecule has 0 spiro atoms. The minimum absolute atomic E-state index is 0.139. The number of imidazole rings is 1. The molecule has 4 aromatic rings. The van der Waals surface area contributed by atoms with E-state index in [1.54, 1.807) is 24.5 Å². The number of amides is 1. The maximum absolute atomic E-state index is 13.0. The summed E-state index contributed by atoms with van der Waals surface area (Å²) in [7, 11) is 0. The molecule has 26 heavy (non-hydrogen) atoms. The zero-order valence-electron chi connectivity index (χ0n) is 13.9. The highest BCUT2D eigenvalue weighted by Gasteiger charge is 2.35. The first-order valence-electron chi connectivity index (χ1n) is 8.52. The maximum Gasteiger partial charge on any atom is 0.276 e. The van der Waals surface area contributed by atoms with Crippen molar-refractivity contribution in [1.82, 2.24) is 19.4 Å². The first kappa shape index (κ1) is 14.9. The van der Waals surface area contributed by atoms with E-state index < -0.39 is 0 Å². The largest absolute Gasteiger partial charge is 0.461 e. The summed E-state index contributed by atoms with van der Waals surface area (Å²) in [6, 6.07) is 11.2. The molecule has 1 aliphatic rings. The van der Waals surface area contributed by atoms with Crippen molar-refractivity contribution in [2.45, 2.75) is 25.4 Å². The molecular weight excluding hydrogens is 332 g/mol. The van der Waals surface area contributed by atoms with Crippen molar-refractivity contribution in [3.63, 3.8) is 0 Å². The van der Waals surface area contributed by atoms with Crippen LogP contribution in [0.3, 0.4) is 0 Å². The first-order chi connectivity index (χ1) is 12.8. The molecule has 7 nitrogen and oxygen atoms in total. The van der Waals surface area contributed by atoms with Crippen molar-refractivity contribution in [2.24, 2.45) is 0 Å². The van der Waals surface area contributed by atoms with Gasteiger partial charge in [-0.05, 0) is 37.1 Å². The van der Waals surface area contributed by atoms with Gasteiger partial charge >= 0.3 is 0 Å². The Morgan fingerprint density at radius 3 is 2.96 bits per heavy atom. The zero-order chi connectivity index (χ0) is 17.5. The van der Waals surface area contributed by atoms with Gasteiger partial charge in [-0.1, -0.05) is 11.2 Å². The summed E-state index contributed by atoms with van der Waals surface area (Å²) in [5, 5.41) is 3.95. The van der Waals surface area contributed by atoms with Crippen LogP contribution in [-0.2, 0) is 6.54 Å². The lowest BCUT2D eigenvalue weighted by Crippen LogP contribution is -2.33. The van der Waals surface area contributed by atoms with Gasteiger partial charge in [0, 0.05) is 18.3 Å². The SMILES string of the molecule is O=C(c1cc(-c2ccco2)on1)N(Cc1cnc2ccccn12)C1CC1. The van der Waals surface area contributed by atoms with Gasteiger partial charge < -0.3 is 18.2 Å². The molecule has 1 aliphatic carbocycles. The Balaban J connectivity index is 1.43. The van der Waals surface area contributed by atoms with Crippen LogP contribution < -0.4 is 0 Å². The van der Waals surface area contributed by atoms with E-state index in [1.165, 1.54) is 0 Å². The number of hydrogen-bond donors (Lipinski definition) is 0. The van der Waals surface area contributed by atoms with Crippen molar-refractivity contribution in [3.05, 3.63) is 66.4 Å². The van der Waals surface area contributed by atoms with Crippen molar-refractivity contribution >= 4 is 11.6 Å². The van der Waals surface area contributed by atoms with Crippen LogP contribution in [0, 0.1) is 0 Å². The molecule has 0 saturated heterocycles. The Morgan fingerprint density at radius 2 is 2.15 bits per heavy atom. The van der Waals surface area contributed by atoms with Gasteiger partial charge in [0.05, 0.1) is 24.7 Å². The molecule has 1 fully saturated rings. The summed E-state index contributed by atoms with van der Waals surface area (Å²) >= 11 is 0. The lowest BCUT2D eigenvalue weighted by molar-refractivity contribution is 0.0717. The highest BCUT2D eigenvalue weighted by molar-refractivity contribution is 5.93. The van der Waals surface area contributed by atoms with E-state index in [9.17, 15) is 4.79 Å². The van der Waals surface area contributed by atoms with Crippen LogP contribution in [0.5, 0.6) is 0 Å². The van der Waals surface area contributed by atoms with E-state index in [0.29, 0.717) is 18.1 Å². The number of hydrogen-bond acceptors (Lipinski definition) is 5. The Hall–Kier alpha value is -3.35. The topological polar surface area (TPSA) is 76.8 Å². The fourth-order valence-electron chi connectivity index (χ4n) is 3.09. The number of carbonyl (C=O) groups is 1. The summed E-state index contributed by atoms with van der Waals surface area (Å²) in [4.78, 5) is 19.3. The second-order valence-electron chi connectivity index (χ2n) is 6.40. The number of rotatable bonds is 5. The van der Waals surface area contributed by atoms with E-state index in [1.807, 2.05) is 39.9 Å². The third-order valence-corrected chi connectivity index (χ3v) is 4.57. The van der Waals surface area contributed by atoms with Crippen molar-refractivity contribution < 1.29 is 13.7 Å². The maximum atomic E-state index is 13.0. The Kier molecular flexibility index (Phi) is 3.38. The number of nitrogens with zero attached hydrogens (tertiary/aromatic N) is 4. The molecule has 0 aromatic carbocycles. The molecule has 4 aromatic heterocycles. The van der Waals surface area contributed by atoms with Crippen LogP contribution in [0.4, 0.5) is 0 Å². The summed E-state index contributed by atoms with van der Waals surface area (Å²) in [5.74, 6) is 0.861. The van der Waals surface area contributed by atoms with Gasteiger partial charge in [0.1, 0.15) is 5.65 Å². The van der Waals surface area contributed by atoms with E-state index in [-0.39, 0.29) is 17.6 Å². The van der Waals surface area contributed by atoms with Crippen LogP contribution in [0.15, 0.2) is 64.0 Å². The molecule has 0 radical (unpaired) electrons. The predicted octanol–water partition coefficient (Wildman–Crippen LogP) is 3.39. The van der Waals surface area contributed by atoms with Crippen LogP contribution in [0.25, 0.3) is 17.2 Å². The minimum Gasteiger partial charge on any atom is -0.461 e. The molecule has 0 atom stereocenters. The quantitative estimate of drug-likeness (QED) is 0.552. The summed E-state index contributed by atoms with van der Waals surface area (Å²) < 4.78 is 12.6. The van der Waals surface area contributed by atoms with Gasteiger partial charge in [-0.3, -0.25) is 4.79 Å². The van der Waals surface area contributed by atoms with Gasteiger partial charge in [-0.25, -0.2) is 4.98 Å². The molecule has 0 aliphatic heterocycles. The summed E-state index contributed by atoms with van der Waals surface area (Å²) in [6.45, 7) is 0.484. The lowest BCUT2D eigenvalue weighted by atomic mass is 10.2. The standard InChI is InChI=1S/C19H16N4O3/c24-19(15-10-17(26-21-15)16-4-3-9-25-16)23(13-6-7-13)12-14-11-20-18-5-1-2-8-22(14)18/h1-5,8-11,13H,6-7,12H2. The molecule has 4 heterocycles. The molecule has 1 saturated carbocycles. The van der Waals surface area contributed by atoms with Gasteiger partial charge in [0.25, 0.3) is 5.91 Å². The van der Waals surface area contributed by atoms with Crippen LogP contribution >= 0.6 is 0 Å². The molecule has 7 heteroatoms. The predicted molar refractivity (Wildman–Crippen MR) is 92.3 cm³/mol. The molecular formula is C19H16N4O3. The van der Waals surface area contributed by atoms with E-state index in [2.05, 4.69) is 10.1 Å². The van der Waals surface area contributed by atoms with Crippen molar-refractivity contribution in [1.29, 1.82) is 0 Å². The number of carbonyl (C=O) groups excluding carboxylic acids is 1. The minimum atomic E-state index is -0.139. The molecule has 130 valence electrons. The average molecular weight is 348 g/mol. The average Bonchev–Trinajstić information content (AvgIpc) is 3.09. The van der Waals surface area contributed by atoms with Gasteiger partial charge in [0.2, 0.25) is 5.76 Å². The van der Waals surface area contributed by atoms with Crippen LogP contribution in [-0.4, -0.2) is 31.4 Å². The molecule has 1 amide bonds. The molecule has 0 unspecified atom stereocenters. The normalized spacial score (nSPS) is 14.0. The Labute approximate surface area is 148 Å². The second-order valence-corrected chi connectivity index (χ2v) is 6.40. The van der Waals surface area contributed by atoms with E-state index >= 15 is 0 Å². The Bertz CT molecular complexity index is 1060. The van der Waals surface area contributed by atoms with Crippen molar-refractivity contribution in [2.75, 3.05) is 0 Å². The van der Waals surface area contributed by atoms with E-state index in [0.717, 1.165) is 24.2 Å². The number of furan rings is 1. The Morgan fingerprint density at radius 1 is 1.23 bits per heavy atom. The highest BCUT2D eigenvalue weighted by Crippen LogP contribution is 2.30. The fraction of sp³-hybridized carbons (Fsp3) is 0.211. The number of aromatic nitrogens is 3. The summed E-state index contributed by atoms with van der Waals surface area (Å²) in [5.41, 5.74) is 2.12. The van der Waals surface area contributed by atoms with Gasteiger partial charge in [-0.2, -0.15) is 0 Å². The van der Waals surface area contributed by atoms with Crippen LogP contribution in [0.1, 0.15) is 29.0 Å². The molecule has 0 bridgehead atoms. The monoisotopic (exact) mass is 348 g/mol. The van der Waals surface area contributed by atoms with Gasteiger partial charge in [-0.15, -0.1) is 0 Å². The van der Waals surface area contributed by atoms with Crippen molar-refractivity contribution in [3.8, 4) is 11.5 Å². The molecule has 0 N–H and O–H groups in total. The van der Waals surface area contributed by atoms with E-state index in [4.69, 9.17) is 8.94 Å². The number of pyridine rings is 1. The second kappa shape index (κ2) is 5.87. The third-order valence-electron chi connectivity index (χ3n) is 4.57. The fourth-order valence-corrected chi connectivity index (χ4v) is 3.09. The molecule has 5 rings (SSSR count). The lowest BCUT2D eigenvalue weighted by Gasteiger charge is -2.20. The highest BCUT2D eigenvalue weighted by atomic mass is 16.5. The van der Waals surface area contributed by atoms with Gasteiger partial charge in [0.15, 0.2) is 11.5 Å². The first-order valence-corrected chi connectivity index (χ1v) is 8.52. The zero-order valence-corrected chi connectivity index (χ0v) is 13.9. The van der Waals surface area contributed by atoms with Crippen LogP contribution in [0.2, 0.25) is 0 Å². The number of fused-ring (bicyclic) bond motifs is 1. The summed E-state index contributed by atoms with van der Waals surface area (Å²) in [6.07, 6.45) is 7.34. The smallest absolute Gasteiger partial charge is 0.276 e. The third kappa shape index (κ3) is 2.57.